The Balaban J connectivity index is 1.98. The zero-order valence-corrected chi connectivity index (χ0v) is 13.6. The fourth-order valence-electron chi connectivity index (χ4n) is 2.85. The average Bonchev–Trinajstić information content (AvgIpc) is 2.44. The van der Waals surface area contributed by atoms with Gasteiger partial charge >= 0.3 is 0 Å². The largest absolute Gasteiger partial charge is 0.507 e. The lowest BCUT2D eigenvalue weighted by molar-refractivity contribution is 0.161. The minimum atomic E-state index is -0.0772. The maximum atomic E-state index is 9.90. The predicted octanol–water partition coefficient (Wildman–Crippen LogP) is 4.30. The molecule has 1 aliphatic heterocycles. The highest BCUT2D eigenvalue weighted by atomic mass is 79.9. The van der Waals surface area contributed by atoms with Crippen LogP contribution >= 0.6 is 15.9 Å². The van der Waals surface area contributed by atoms with Crippen LogP contribution in [0.15, 0.2) is 34.8 Å². The van der Waals surface area contributed by atoms with Gasteiger partial charge < -0.3 is 15.6 Å². The van der Waals surface area contributed by atoms with Gasteiger partial charge in [0.05, 0.1) is 0 Å². The summed E-state index contributed by atoms with van der Waals surface area (Å²) in [5, 5.41) is 9.90. The number of fused-ring (bicyclic) bond motifs is 1. The van der Waals surface area contributed by atoms with E-state index in [2.05, 4.69) is 15.9 Å². The summed E-state index contributed by atoms with van der Waals surface area (Å²) in [6.45, 7) is 3.80. The van der Waals surface area contributed by atoms with Crippen LogP contribution in [0.1, 0.15) is 40.8 Å². The summed E-state index contributed by atoms with van der Waals surface area (Å²) < 4.78 is 7.12. The molecule has 0 amide bonds. The monoisotopic (exact) mass is 347 g/mol. The van der Waals surface area contributed by atoms with Crippen LogP contribution < -0.4 is 10.5 Å². The summed E-state index contributed by atoms with van der Waals surface area (Å²) in [4.78, 5) is 0. The molecule has 1 heterocycles. The molecule has 0 saturated carbocycles. The number of aryl methyl sites for hydroxylation is 2. The lowest BCUT2D eigenvalue weighted by Gasteiger charge is -2.31. The second kappa shape index (κ2) is 5.35. The van der Waals surface area contributed by atoms with Crippen LogP contribution in [0.3, 0.4) is 0 Å². The number of benzene rings is 2. The molecule has 3 nitrogen and oxygen atoms in total. The van der Waals surface area contributed by atoms with E-state index in [9.17, 15) is 5.11 Å². The summed E-state index contributed by atoms with van der Waals surface area (Å²) in [5.74, 6) is 1.19. The third-order valence-corrected chi connectivity index (χ3v) is 4.49. The first-order valence-electron chi connectivity index (χ1n) is 6.97. The molecule has 0 radical (unpaired) electrons. The fourth-order valence-corrected chi connectivity index (χ4v) is 3.23. The van der Waals surface area contributed by atoms with Crippen molar-refractivity contribution in [3.8, 4) is 11.5 Å². The third kappa shape index (κ3) is 2.65. The summed E-state index contributed by atoms with van der Waals surface area (Å²) in [6, 6.07) is 9.83. The first-order valence-corrected chi connectivity index (χ1v) is 7.77. The zero-order valence-electron chi connectivity index (χ0n) is 12.1. The molecule has 110 valence electrons. The van der Waals surface area contributed by atoms with Crippen molar-refractivity contribution in [2.45, 2.75) is 32.4 Å². The normalized spacial score (nSPS) is 20.8. The van der Waals surface area contributed by atoms with Gasteiger partial charge in [0.1, 0.15) is 17.6 Å². The number of aromatic hydroxyl groups is 1. The Morgan fingerprint density at radius 1 is 1.19 bits per heavy atom. The fraction of sp³-hybridized carbons (Fsp3) is 0.294. The Morgan fingerprint density at radius 3 is 2.52 bits per heavy atom. The lowest BCUT2D eigenvalue weighted by atomic mass is 9.92. The minimum Gasteiger partial charge on any atom is -0.507 e. The van der Waals surface area contributed by atoms with Crippen LogP contribution in [0.2, 0.25) is 0 Å². The summed E-state index contributed by atoms with van der Waals surface area (Å²) in [7, 11) is 0. The van der Waals surface area contributed by atoms with Gasteiger partial charge in [-0.3, -0.25) is 0 Å². The number of nitrogens with two attached hydrogens (primary N) is 1. The van der Waals surface area contributed by atoms with E-state index < -0.39 is 0 Å². The average molecular weight is 348 g/mol. The molecule has 0 aliphatic carbocycles. The van der Waals surface area contributed by atoms with Crippen LogP contribution in [0.25, 0.3) is 0 Å². The Labute approximate surface area is 132 Å². The van der Waals surface area contributed by atoms with Crippen molar-refractivity contribution in [2.75, 3.05) is 0 Å². The van der Waals surface area contributed by atoms with Gasteiger partial charge in [0, 0.05) is 22.5 Å². The van der Waals surface area contributed by atoms with E-state index in [4.69, 9.17) is 10.5 Å². The maximum Gasteiger partial charge on any atom is 0.126 e. The molecule has 2 unspecified atom stereocenters. The van der Waals surface area contributed by atoms with Gasteiger partial charge in [0.25, 0.3) is 0 Å². The van der Waals surface area contributed by atoms with Crippen molar-refractivity contribution >= 4 is 15.9 Å². The van der Waals surface area contributed by atoms with E-state index >= 15 is 0 Å². The van der Waals surface area contributed by atoms with Crippen LogP contribution in [0, 0.1) is 13.8 Å². The number of ether oxygens (including phenoxy) is 1. The number of rotatable bonds is 1. The van der Waals surface area contributed by atoms with Crippen LogP contribution in [0.4, 0.5) is 0 Å². The molecule has 4 heteroatoms. The van der Waals surface area contributed by atoms with Crippen LogP contribution in [0.5, 0.6) is 11.5 Å². The smallest absolute Gasteiger partial charge is 0.126 e. The number of phenolic OH excluding ortho intramolecular Hbond substituents is 1. The highest BCUT2D eigenvalue weighted by Gasteiger charge is 2.27. The molecule has 21 heavy (non-hydrogen) atoms. The van der Waals surface area contributed by atoms with Crippen LogP contribution in [-0.4, -0.2) is 5.11 Å². The minimum absolute atomic E-state index is 0.0503. The predicted molar refractivity (Wildman–Crippen MR) is 86.6 cm³/mol. The van der Waals surface area contributed by atoms with Crippen molar-refractivity contribution in [1.82, 2.24) is 0 Å². The van der Waals surface area contributed by atoms with E-state index in [1.807, 2.05) is 44.2 Å². The van der Waals surface area contributed by atoms with Crippen molar-refractivity contribution < 1.29 is 9.84 Å². The summed E-state index contributed by atoms with van der Waals surface area (Å²) in [6.07, 6.45) is 0.652. The Bertz CT molecular complexity index is 676. The SMILES string of the molecule is Cc1cc(C2CC(N)c3cc(Br)ccc3O2)cc(C)c1O. The molecule has 3 N–H and O–H groups in total. The highest BCUT2D eigenvalue weighted by molar-refractivity contribution is 9.10. The Kier molecular flexibility index (Phi) is 3.68. The Hall–Kier alpha value is -1.52. The highest BCUT2D eigenvalue weighted by Crippen LogP contribution is 2.41. The van der Waals surface area contributed by atoms with Gasteiger partial charge in [-0.1, -0.05) is 15.9 Å². The number of phenols is 1. The topological polar surface area (TPSA) is 55.5 Å². The Morgan fingerprint density at radius 2 is 1.86 bits per heavy atom. The molecule has 3 rings (SSSR count). The van der Waals surface area contributed by atoms with E-state index in [0.29, 0.717) is 5.75 Å². The van der Waals surface area contributed by atoms with Gasteiger partial charge in [-0.2, -0.15) is 0 Å². The van der Waals surface area contributed by atoms with E-state index in [0.717, 1.165) is 38.9 Å². The van der Waals surface area contributed by atoms with Gasteiger partial charge in [0.2, 0.25) is 0 Å². The van der Waals surface area contributed by atoms with Gasteiger partial charge in [0.15, 0.2) is 0 Å². The quantitative estimate of drug-likeness (QED) is 0.808. The van der Waals surface area contributed by atoms with Gasteiger partial charge in [-0.05, 0) is 60.9 Å². The molecule has 2 aromatic rings. The molecule has 0 bridgehead atoms. The number of hydrogen-bond donors (Lipinski definition) is 2. The standard InChI is InChI=1S/C17H18BrNO2/c1-9-5-11(6-10(2)17(9)20)16-8-14(19)13-7-12(18)3-4-15(13)21-16/h3-7,14,16,20H,8,19H2,1-2H3. The van der Waals surface area contributed by atoms with Gasteiger partial charge in [-0.25, -0.2) is 0 Å². The molecule has 0 fully saturated rings. The first kappa shape index (κ1) is 14.4. The van der Waals surface area contributed by atoms with E-state index in [1.165, 1.54) is 0 Å². The third-order valence-electron chi connectivity index (χ3n) is 3.99. The van der Waals surface area contributed by atoms with Crippen LogP contribution in [-0.2, 0) is 0 Å². The molecule has 2 aromatic carbocycles. The molecule has 1 aliphatic rings. The molecule has 0 aromatic heterocycles. The maximum absolute atomic E-state index is 9.90. The second-order valence-electron chi connectivity index (χ2n) is 5.63. The lowest BCUT2D eigenvalue weighted by Crippen LogP contribution is -2.24. The summed E-state index contributed by atoms with van der Waals surface area (Å²) >= 11 is 3.47. The summed E-state index contributed by atoms with van der Waals surface area (Å²) in [5.41, 5.74) is 10.1. The molecule has 2 atom stereocenters. The number of hydrogen-bond acceptors (Lipinski definition) is 3. The van der Waals surface area contributed by atoms with Gasteiger partial charge in [-0.15, -0.1) is 0 Å². The van der Waals surface area contributed by atoms with E-state index in [1.54, 1.807) is 0 Å². The zero-order chi connectivity index (χ0) is 15.1. The molecule has 0 spiro atoms. The second-order valence-corrected chi connectivity index (χ2v) is 6.55. The van der Waals surface area contributed by atoms with E-state index in [-0.39, 0.29) is 12.1 Å². The number of halogens is 1. The molecule has 0 saturated heterocycles. The molecular weight excluding hydrogens is 330 g/mol. The van der Waals surface area contributed by atoms with Crippen molar-refractivity contribution in [1.29, 1.82) is 0 Å². The van der Waals surface area contributed by atoms with Crippen molar-refractivity contribution in [3.63, 3.8) is 0 Å². The van der Waals surface area contributed by atoms with Crippen molar-refractivity contribution in [2.24, 2.45) is 5.73 Å². The molecular formula is C17H18BrNO2. The first-order chi connectivity index (χ1) is 9.95. The van der Waals surface area contributed by atoms with Crippen molar-refractivity contribution in [3.05, 3.63) is 57.1 Å².